The largest absolute Gasteiger partial charge is 0.0616 e. The summed E-state index contributed by atoms with van der Waals surface area (Å²) < 4.78 is 0. The fourth-order valence-corrected chi connectivity index (χ4v) is 7.42. The number of hydrogen-bond donors (Lipinski definition) is 0. The van der Waals surface area contributed by atoms with Crippen LogP contribution in [0.1, 0.15) is 0 Å². The average molecular weight is 451 g/mol. The fraction of sp³-hybridized carbons (Fsp3) is 0. The third kappa shape index (κ3) is 1.83. The monoisotopic (exact) mass is 450 g/mol. The van der Waals surface area contributed by atoms with Crippen molar-refractivity contribution < 1.29 is 0 Å². The van der Waals surface area contributed by atoms with Crippen LogP contribution in [0.15, 0.2) is 109 Å². The van der Waals surface area contributed by atoms with Crippen molar-refractivity contribution >= 4 is 97.0 Å². The fourth-order valence-electron chi connectivity index (χ4n) is 7.42. The third-order valence-corrected chi connectivity index (χ3v) is 8.85. The Labute approximate surface area is 206 Å². The van der Waals surface area contributed by atoms with Crippen LogP contribution in [0.25, 0.3) is 97.0 Å². The van der Waals surface area contributed by atoms with E-state index in [1.54, 1.807) is 0 Å². The Bertz CT molecular complexity index is 2500. The molecule has 0 saturated carbocycles. The lowest BCUT2D eigenvalue weighted by Gasteiger charge is -2.15. The van der Waals surface area contributed by atoms with Crippen LogP contribution in [0.4, 0.5) is 0 Å². The Hall–Kier alpha value is -4.68. The molecular weight excluding hydrogens is 432 g/mol. The lowest BCUT2D eigenvalue weighted by molar-refractivity contribution is 1.79. The number of hydrogen-bond acceptors (Lipinski definition) is 0. The Kier molecular flexibility index (Phi) is 2.83. The predicted molar refractivity (Wildman–Crippen MR) is 158 cm³/mol. The molecule has 0 atom stereocenters. The van der Waals surface area contributed by atoms with E-state index in [0.717, 1.165) is 0 Å². The highest BCUT2D eigenvalue weighted by Crippen LogP contribution is 2.52. The summed E-state index contributed by atoms with van der Waals surface area (Å²) in [6, 6.07) is 41.3. The van der Waals surface area contributed by atoms with Gasteiger partial charge >= 0.3 is 0 Å². The van der Waals surface area contributed by atoms with Gasteiger partial charge in [0.25, 0.3) is 0 Å². The first-order valence-corrected chi connectivity index (χ1v) is 12.7. The molecule has 0 heterocycles. The lowest BCUT2D eigenvalue weighted by Crippen LogP contribution is -1.87. The summed E-state index contributed by atoms with van der Waals surface area (Å²) in [6.07, 6.45) is 0. The zero-order chi connectivity index (χ0) is 23.1. The molecule has 0 aliphatic rings. The zero-order valence-corrected chi connectivity index (χ0v) is 19.4. The van der Waals surface area contributed by atoms with E-state index in [9.17, 15) is 0 Å². The molecule has 36 heavy (non-hydrogen) atoms. The molecule has 0 fully saturated rings. The van der Waals surface area contributed by atoms with Gasteiger partial charge in [0.2, 0.25) is 0 Å². The molecule has 10 aromatic rings. The standard InChI is InChI=1S/C36H18/c1-2-4-25-19(3-1)5-6-20-7-8-22-13-16-26-27-17-14-23-11-9-21-10-12-24-15-18-28(34(26)30(22)29(20)25)36-33(24)31(21)32(23)35(27)36/h1-18H. The maximum Gasteiger partial charge on any atom is -0.000718 e. The predicted octanol–water partition coefficient (Wildman–Crippen LogP) is 10.4. The molecule has 0 nitrogen and oxygen atoms in total. The van der Waals surface area contributed by atoms with Crippen LogP contribution in [0, 0.1) is 0 Å². The number of rotatable bonds is 0. The first-order chi connectivity index (χ1) is 17.9. The number of benzene rings is 9. The van der Waals surface area contributed by atoms with Gasteiger partial charge in [-0.1, -0.05) is 109 Å². The summed E-state index contributed by atoms with van der Waals surface area (Å²) in [4.78, 5) is 0. The van der Waals surface area contributed by atoms with Gasteiger partial charge in [0.05, 0.1) is 0 Å². The highest BCUT2D eigenvalue weighted by Gasteiger charge is 2.23. The molecule has 0 aliphatic heterocycles. The summed E-state index contributed by atoms with van der Waals surface area (Å²) in [6.45, 7) is 0. The van der Waals surface area contributed by atoms with Gasteiger partial charge in [-0.2, -0.15) is 0 Å². The molecule has 0 bridgehead atoms. The highest BCUT2D eigenvalue weighted by molar-refractivity contribution is 6.50. The Morgan fingerprint density at radius 2 is 0.583 bits per heavy atom. The summed E-state index contributed by atoms with van der Waals surface area (Å²) >= 11 is 0. The molecule has 0 aromatic heterocycles. The van der Waals surface area contributed by atoms with Gasteiger partial charge in [0, 0.05) is 0 Å². The molecule has 0 saturated heterocycles. The summed E-state index contributed by atoms with van der Waals surface area (Å²) in [5, 5.41) is 24.7. The highest BCUT2D eigenvalue weighted by atomic mass is 14.3. The van der Waals surface area contributed by atoms with Crippen molar-refractivity contribution in [2.45, 2.75) is 0 Å². The van der Waals surface area contributed by atoms with Crippen LogP contribution in [-0.4, -0.2) is 0 Å². The quantitative estimate of drug-likeness (QED) is 0.202. The van der Waals surface area contributed by atoms with E-state index in [2.05, 4.69) is 109 Å². The van der Waals surface area contributed by atoms with Crippen molar-refractivity contribution in [2.75, 3.05) is 0 Å². The molecule has 0 N–H and O–H groups in total. The summed E-state index contributed by atoms with van der Waals surface area (Å²) in [7, 11) is 0. The van der Waals surface area contributed by atoms with E-state index < -0.39 is 0 Å². The molecule has 0 heteroatoms. The van der Waals surface area contributed by atoms with E-state index in [0.29, 0.717) is 0 Å². The summed E-state index contributed by atoms with van der Waals surface area (Å²) in [5.41, 5.74) is 0. The van der Waals surface area contributed by atoms with Gasteiger partial charge in [-0.15, -0.1) is 0 Å². The topological polar surface area (TPSA) is 0 Å². The molecule has 0 radical (unpaired) electrons. The first-order valence-electron chi connectivity index (χ1n) is 12.7. The SMILES string of the molecule is c1ccc2c(c1)ccc1ccc3ccc4c5ccc6ccc7ccc8ccc(c4c3c12)c1c8c7c6c51. The van der Waals surface area contributed by atoms with Gasteiger partial charge in [0.1, 0.15) is 0 Å². The Balaban J connectivity index is 1.64. The van der Waals surface area contributed by atoms with Gasteiger partial charge in [-0.25, -0.2) is 0 Å². The van der Waals surface area contributed by atoms with Crippen LogP contribution in [0.5, 0.6) is 0 Å². The molecule has 0 unspecified atom stereocenters. The van der Waals surface area contributed by atoms with Crippen LogP contribution >= 0.6 is 0 Å². The van der Waals surface area contributed by atoms with Crippen molar-refractivity contribution in [2.24, 2.45) is 0 Å². The van der Waals surface area contributed by atoms with Gasteiger partial charge in [-0.05, 0) is 97.0 Å². The smallest absolute Gasteiger partial charge is 0.000718 e. The van der Waals surface area contributed by atoms with Crippen molar-refractivity contribution in [1.82, 2.24) is 0 Å². The molecule has 0 amide bonds. The van der Waals surface area contributed by atoms with Crippen molar-refractivity contribution in [3.8, 4) is 0 Å². The summed E-state index contributed by atoms with van der Waals surface area (Å²) in [5.74, 6) is 0. The second-order valence-electron chi connectivity index (χ2n) is 10.4. The van der Waals surface area contributed by atoms with E-state index in [-0.39, 0.29) is 0 Å². The Morgan fingerprint density at radius 3 is 1.22 bits per heavy atom. The van der Waals surface area contributed by atoms with Gasteiger partial charge in [0.15, 0.2) is 0 Å². The molecular formula is C36H18. The Morgan fingerprint density at radius 1 is 0.194 bits per heavy atom. The molecule has 162 valence electrons. The van der Waals surface area contributed by atoms with Crippen LogP contribution in [0.3, 0.4) is 0 Å². The average Bonchev–Trinajstić information content (AvgIpc) is 3.31. The molecule has 0 spiro atoms. The minimum Gasteiger partial charge on any atom is -0.0616 e. The van der Waals surface area contributed by atoms with Crippen LogP contribution < -0.4 is 0 Å². The van der Waals surface area contributed by atoms with Gasteiger partial charge in [-0.3, -0.25) is 0 Å². The minimum atomic E-state index is 1.30. The van der Waals surface area contributed by atoms with Gasteiger partial charge < -0.3 is 0 Å². The number of fused-ring (bicyclic) bond motifs is 9. The van der Waals surface area contributed by atoms with E-state index in [1.807, 2.05) is 0 Å². The molecule has 10 aromatic carbocycles. The third-order valence-electron chi connectivity index (χ3n) is 8.85. The second-order valence-corrected chi connectivity index (χ2v) is 10.4. The van der Waals surface area contributed by atoms with Crippen molar-refractivity contribution in [3.63, 3.8) is 0 Å². The first kappa shape index (κ1) is 17.7. The normalized spacial score (nSPS) is 13.0. The maximum absolute atomic E-state index is 2.39. The minimum absolute atomic E-state index is 1.30. The van der Waals surface area contributed by atoms with Crippen LogP contribution in [-0.2, 0) is 0 Å². The zero-order valence-electron chi connectivity index (χ0n) is 19.4. The molecule has 10 rings (SSSR count). The van der Waals surface area contributed by atoms with Crippen molar-refractivity contribution in [3.05, 3.63) is 109 Å². The van der Waals surface area contributed by atoms with E-state index in [4.69, 9.17) is 0 Å². The lowest BCUT2D eigenvalue weighted by atomic mass is 9.87. The second kappa shape index (κ2) is 5.75. The maximum atomic E-state index is 2.39. The van der Waals surface area contributed by atoms with Crippen LogP contribution in [0.2, 0.25) is 0 Å². The van der Waals surface area contributed by atoms with Crippen molar-refractivity contribution in [1.29, 1.82) is 0 Å². The van der Waals surface area contributed by atoms with E-state index >= 15 is 0 Å². The molecule has 0 aliphatic carbocycles. The van der Waals surface area contributed by atoms with E-state index in [1.165, 1.54) is 97.0 Å².